The fraction of sp³-hybridized carbons (Fsp3) is 0.321. The normalized spacial score (nSPS) is 25.6. The summed E-state index contributed by atoms with van der Waals surface area (Å²) in [5.74, 6) is -0.143. The number of carbonyl (C=O) groups is 1. The number of benzene rings is 3. The second-order valence-corrected chi connectivity index (χ2v) is 9.49. The highest BCUT2D eigenvalue weighted by Gasteiger charge is 2.53. The van der Waals surface area contributed by atoms with Crippen LogP contribution in [0.5, 0.6) is 11.5 Å². The maximum atomic E-state index is 13.5. The molecule has 0 spiro atoms. The lowest BCUT2D eigenvalue weighted by Gasteiger charge is -2.37. The molecule has 3 aromatic carbocycles. The average molecular weight is 478 g/mol. The van der Waals surface area contributed by atoms with Crippen LogP contribution in [0.25, 0.3) is 0 Å². The lowest BCUT2D eigenvalue weighted by Crippen LogP contribution is -2.45. The van der Waals surface area contributed by atoms with Crippen LogP contribution in [0.4, 0.5) is 8.78 Å². The second-order valence-electron chi connectivity index (χ2n) is 9.49. The number of alkyl halides is 2. The van der Waals surface area contributed by atoms with Gasteiger partial charge in [0.25, 0.3) is 0 Å². The number of fused-ring (bicyclic) bond motifs is 1. The first kappa shape index (κ1) is 22.0. The Morgan fingerprint density at radius 1 is 0.800 bits per heavy atom. The maximum Gasteiger partial charge on any atom is 0.586 e. The summed E-state index contributed by atoms with van der Waals surface area (Å²) in [5.41, 5.74) is 2.08. The van der Waals surface area contributed by atoms with Crippen LogP contribution in [0.1, 0.15) is 54.6 Å². The molecule has 3 aromatic rings. The fourth-order valence-corrected chi connectivity index (χ4v) is 5.15. The Labute approximate surface area is 202 Å². The van der Waals surface area contributed by atoms with Gasteiger partial charge in [-0.05, 0) is 54.5 Å². The molecule has 3 atom stereocenters. The summed E-state index contributed by atoms with van der Waals surface area (Å²) in [6.45, 7) is 0. The number of nitrogens with one attached hydrogen (secondary N) is 1. The molecule has 1 aliphatic carbocycles. The standard InChI is InChI=1S/C28H25F2NO4/c29-28(30)34-22-12-11-20(15-25(22)35-28)27(13-14-27)26(32)31-21-16-23(18-7-3-1-4-8-18)33-24(17-21)19-9-5-2-6-10-19/h1-12,15,21,23-24H,13-14,16-17H2,(H,31,32)/t21-,23-,24+. The molecule has 2 aliphatic heterocycles. The van der Waals surface area contributed by atoms with E-state index >= 15 is 0 Å². The second kappa shape index (κ2) is 8.34. The zero-order valence-corrected chi connectivity index (χ0v) is 19.0. The monoisotopic (exact) mass is 477 g/mol. The number of hydrogen-bond acceptors (Lipinski definition) is 4. The van der Waals surface area contributed by atoms with E-state index in [1.165, 1.54) is 12.1 Å². The molecule has 5 nitrogen and oxygen atoms in total. The zero-order valence-electron chi connectivity index (χ0n) is 19.0. The highest BCUT2D eigenvalue weighted by Crippen LogP contribution is 2.52. The number of amides is 1. The van der Waals surface area contributed by atoms with E-state index < -0.39 is 11.7 Å². The molecule has 1 saturated carbocycles. The van der Waals surface area contributed by atoms with E-state index in [0.717, 1.165) is 11.1 Å². The average Bonchev–Trinajstić information content (AvgIpc) is 3.62. The van der Waals surface area contributed by atoms with Crippen molar-refractivity contribution >= 4 is 5.91 Å². The number of halogens is 2. The van der Waals surface area contributed by atoms with Gasteiger partial charge in [-0.25, -0.2) is 0 Å². The van der Waals surface area contributed by atoms with Crippen LogP contribution in [-0.2, 0) is 14.9 Å². The Morgan fingerprint density at radius 3 is 1.94 bits per heavy atom. The molecule has 1 N–H and O–H groups in total. The number of ether oxygens (including phenoxy) is 3. The van der Waals surface area contributed by atoms with Crippen molar-refractivity contribution in [2.24, 2.45) is 0 Å². The van der Waals surface area contributed by atoms with Gasteiger partial charge >= 0.3 is 6.29 Å². The summed E-state index contributed by atoms with van der Waals surface area (Å²) < 4.78 is 42.5. The summed E-state index contributed by atoms with van der Waals surface area (Å²) in [6, 6.07) is 24.6. The van der Waals surface area contributed by atoms with Crippen molar-refractivity contribution in [1.29, 1.82) is 0 Å². The topological polar surface area (TPSA) is 56.8 Å². The highest BCUT2D eigenvalue weighted by molar-refractivity contribution is 5.91. The largest absolute Gasteiger partial charge is 0.586 e. The summed E-state index contributed by atoms with van der Waals surface area (Å²) >= 11 is 0. The van der Waals surface area contributed by atoms with E-state index in [9.17, 15) is 13.6 Å². The van der Waals surface area contributed by atoms with Crippen LogP contribution in [0.15, 0.2) is 78.9 Å². The zero-order chi connectivity index (χ0) is 24.0. The Bertz CT molecular complexity index is 1180. The first-order valence-electron chi connectivity index (χ1n) is 11.9. The minimum Gasteiger partial charge on any atom is -0.395 e. The molecular weight excluding hydrogens is 452 g/mol. The summed E-state index contributed by atoms with van der Waals surface area (Å²) in [7, 11) is 0. The van der Waals surface area contributed by atoms with E-state index in [4.69, 9.17) is 4.74 Å². The molecule has 1 saturated heterocycles. The van der Waals surface area contributed by atoms with Crippen molar-refractivity contribution in [1.82, 2.24) is 5.32 Å². The molecule has 2 fully saturated rings. The van der Waals surface area contributed by atoms with Crippen molar-refractivity contribution in [3.05, 3.63) is 95.6 Å². The molecule has 35 heavy (non-hydrogen) atoms. The molecule has 7 heteroatoms. The Kier molecular flexibility index (Phi) is 5.25. The molecule has 0 unspecified atom stereocenters. The fourth-order valence-electron chi connectivity index (χ4n) is 5.15. The van der Waals surface area contributed by atoms with E-state index in [0.29, 0.717) is 31.2 Å². The lowest BCUT2D eigenvalue weighted by molar-refractivity contribution is -0.286. The molecule has 6 rings (SSSR count). The van der Waals surface area contributed by atoms with Crippen LogP contribution in [0.2, 0.25) is 0 Å². The predicted molar refractivity (Wildman–Crippen MR) is 124 cm³/mol. The van der Waals surface area contributed by atoms with Gasteiger partial charge in [-0.1, -0.05) is 66.7 Å². The Morgan fingerprint density at radius 2 is 1.37 bits per heavy atom. The smallest absolute Gasteiger partial charge is 0.395 e. The van der Waals surface area contributed by atoms with Crippen LogP contribution in [0.3, 0.4) is 0 Å². The van der Waals surface area contributed by atoms with E-state index in [2.05, 4.69) is 14.8 Å². The van der Waals surface area contributed by atoms with Gasteiger partial charge in [-0.2, -0.15) is 0 Å². The maximum absolute atomic E-state index is 13.5. The third kappa shape index (κ3) is 4.25. The SMILES string of the molecule is O=C(N[C@H]1C[C@@H](c2ccccc2)O[C@@H](c2ccccc2)C1)C1(c2ccc3c(c2)OC(F)(F)O3)CC1. The van der Waals surface area contributed by atoms with Crippen molar-refractivity contribution in [3.63, 3.8) is 0 Å². The van der Waals surface area contributed by atoms with Crippen LogP contribution in [0, 0.1) is 0 Å². The van der Waals surface area contributed by atoms with Crippen LogP contribution >= 0.6 is 0 Å². The molecule has 1 amide bonds. The third-order valence-electron chi connectivity index (χ3n) is 7.14. The summed E-state index contributed by atoms with van der Waals surface area (Å²) in [6.07, 6.45) is -1.36. The molecule has 0 aromatic heterocycles. The summed E-state index contributed by atoms with van der Waals surface area (Å²) in [5, 5.41) is 3.26. The molecule has 0 bridgehead atoms. The van der Waals surface area contributed by atoms with Crippen LogP contribution in [-0.4, -0.2) is 18.2 Å². The van der Waals surface area contributed by atoms with E-state index in [1.807, 2.05) is 60.7 Å². The van der Waals surface area contributed by atoms with Gasteiger partial charge < -0.3 is 19.5 Å². The van der Waals surface area contributed by atoms with E-state index in [-0.39, 0.29) is 35.7 Å². The number of hydrogen-bond donors (Lipinski definition) is 1. The Hall–Kier alpha value is -3.45. The minimum atomic E-state index is -3.68. The lowest BCUT2D eigenvalue weighted by atomic mass is 9.89. The first-order chi connectivity index (χ1) is 16.9. The van der Waals surface area contributed by atoms with Crippen LogP contribution < -0.4 is 14.8 Å². The third-order valence-corrected chi connectivity index (χ3v) is 7.14. The molecule has 3 aliphatic rings. The number of carbonyl (C=O) groups excluding carboxylic acids is 1. The van der Waals surface area contributed by atoms with Gasteiger partial charge in [-0.15, -0.1) is 8.78 Å². The van der Waals surface area contributed by atoms with Gasteiger partial charge in [0.1, 0.15) is 0 Å². The van der Waals surface area contributed by atoms with E-state index in [1.54, 1.807) is 6.07 Å². The van der Waals surface area contributed by atoms with Crippen molar-refractivity contribution in [2.75, 3.05) is 0 Å². The Balaban J connectivity index is 1.23. The van der Waals surface area contributed by atoms with Gasteiger partial charge in [0.15, 0.2) is 11.5 Å². The van der Waals surface area contributed by atoms with Gasteiger partial charge in [-0.3, -0.25) is 4.79 Å². The van der Waals surface area contributed by atoms with Crippen molar-refractivity contribution < 1.29 is 27.8 Å². The van der Waals surface area contributed by atoms with Gasteiger partial charge in [0, 0.05) is 6.04 Å². The quantitative estimate of drug-likeness (QED) is 0.503. The first-order valence-corrected chi connectivity index (χ1v) is 11.9. The molecule has 180 valence electrons. The molecular formula is C28H25F2NO4. The highest BCUT2D eigenvalue weighted by atomic mass is 19.3. The number of rotatable bonds is 5. The van der Waals surface area contributed by atoms with Crippen molar-refractivity contribution in [3.8, 4) is 11.5 Å². The van der Waals surface area contributed by atoms with Gasteiger partial charge in [0.05, 0.1) is 17.6 Å². The minimum absolute atomic E-state index is 0.0178. The van der Waals surface area contributed by atoms with Gasteiger partial charge in [0.2, 0.25) is 5.91 Å². The predicted octanol–water partition coefficient (Wildman–Crippen LogP) is 5.82. The van der Waals surface area contributed by atoms with Crippen molar-refractivity contribution in [2.45, 2.75) is 55.6 Å². The molecule has 0 radical (unpaired) electrons. The molecule has 2 heterocycles. The summed E-state index contributed by atoms with van der Waals surface area (Å²) in [4.78, 5) is 13.5.